The van der Waals surface area contributed by atoms with E-state index in [1.807, 2.05) is 0 Å². The van der Waals surface area contributed by atoms with Crippen molar-refractivity contribution in [2.75, 3.05) is 11.5 Å². The zero-order valence-corrected chi connectivity index (χ0v) is 19.9. The molecular formula is C19H14F6O4S4. The van der Waals surface area contributed by atoms with Crippen LogP contribution >= 0.6 is 46.2 Å². The van der Waals surface area contributed by atoms with Gasteiger partial charge in [0.25, 0.3) is 0 Å². The van der Waals surface area contributed by atoms with Gasteiger partial charge in [0.2, 0.25) is 0 Å². The van der Waals surface area contributed by atoms with Crippen LogP contribution in [-0.2, 0) is 0 Å². The second-order valence-corrected chi connectivity index (χ2v) is 11.7. The quantitative estimate of drug-likeness (QED) is 0.267. The SMILES string of the molecule is CCSc1sc(C(=O)O)cc1C1=C(c2cc(C(=O)O)sc2SCC)C(F)(F)C(F)(F)C1(F)F. The Labute approximate surface area is 199 Å². The van der Waals surface area contributed by atoms with Crippen molar-refractivity contribution >= 4 is 69.3 Å². The van der Waals surface area contributed by atoms with Crippen LogP contribution < -0.4 is 0 Å². The van der Waals surface area contributed by atoms with E-state index in [4.69, 9.17) is 0 Å². The highest BCUT2D eigenvalue weighted by atomic mass is 32.2. The summed E-state index contributed by atoms with van der Waals surface area (Å²) in [7, 11) is 0. The van der Waals surface area contributed by atoms with E-state index in [0.29, 0.717) is 34.8 Å². The van der Waals surface area contributed by atoms with Crippen molar-refractivity contribution in [1.29, 1.82) is 0 Å². The molecule has 2 aromatic heterocycles. The average molecular weight is 549 g/mol. The molecule has 180 valence electrons. The van der Waals surface area contributed by atoms with Crippen molar-refractivity contribution in [2.24, 2.45) is 0 Å². The Morgan fingerprint density at radius 1 is 0.788 bits per heavy atom. The number of carboxylic acid groups (broad SMARTS) is 2. The minimum atomic E-state index is -5.83. The smallest absolute Gasteiger partial charge is 0.380 e. The van der Waals surface area contributed by atoms with Gasteiger partial charge in [-0.3, -0.25) is 0 Å². The van der Waals surface area contributed by atoms with Crippen molar-refractivity contribution in [3.8, 4) is 0 Å². The number of halogens is 6. The van der Waals surface area contributed by atoms with E-state index < -0.39 is 61.7 Å². The third kappa shape index (κ3) is 3.98. The molecule has 1 aliphatic rings. The molecule has 0 aromatic carbocycles. The Balaban J connectivity index is 2.48. The van der Waals surface area contributed by atoms with E-state index in [-0.39, 0.29) is 19.9 Å². The number of hydrogen-bond donors (Lipinski definition) is 2. The fourth-order valence-electron chi connectivity index (χ4n) is 3.22. The summed E-state index contributed by atoms with van der Waals surface area (Å²) >= 11 is 2.72. The highest BCUT2D eigenvalue weighted by molar-refractivity contribution is 8.01. The first-order chi connectivity index (χ1) is 15.2. The molecule has 14 heteroatoms. The number of alkyl halides is 6. The number of thioether (sulfide) groups is 2. The van der Waals surface area contributed by atoms with Gasteiger partial charge in [0, 0.05) is 22.3 Å². The highest BCUT2D eigenvalue weighted by Crippen LogP contribution is 2.66. The molecular weight excluding hydrogens is 534 g/mol. The Hall–Kier alpha value is -1.64. The second-order valence-electron chi connectivity index (χ2n) is 6.57. The number of rotatable bonds is 8. The van der Waals surface area contributed by atoms with Gasteiger partial charge in [0.1, 0.15) is 9.75 Å². The molecule has 0 saturated heterocycles. The molecule has 3 rings (SSSR count). The Morgan fingerprint density at radius 2 is 1.12 bits per heavy atom. The summed E-state index contributed by atoms with van der Waals surface area (Å²) in [4.78, 5) is 21.8. The summed E-state index contributed by atoms with van der Waals surface area (Å²) in [6.07, 6.45) is 0. The summed E-state index contributed by atoms with van der Waals surface area (Å²) in [5.41, 5.74) is -4.83. The molecule has 0 spiro atoms. The van der Waals surface area contributed by atoms with Crippen LogP contribution in [0.2, 0.25) is 0 Å². The molecule has 0 aliphatic heterocycles. The molecule has 0 saturated carbocycles. The third-order valence-electron chi connectivity index (χ3n) is 4.57. The minimum absolute atomic E-state index is 0.131. The summed E-state index contributed by atoms with van der Waals surface area (Å²) < 4.78 is 89.1. The van der Waals surface area contributed by atoms with E-state index in [9.17, 15) is 28.6 Å². The van der Waals surface area contributed by atoms with Crippen LogP contribution in [0.4, 0.5) is 26.3 Å². The van der Waals surface area contributed by atoms with Crippen LogP contribution in [0.15, 0.2) is 20.6 Å². The van der Waals surface area contributed by atoms with E-state index >= 15 is 17.6 Å². The first-order valence-corrected chi connectivity index (χ1v) is 12.7. The maximum absolute atomic E-state index is 15.1. The van der Waals surface area contributed by atoms with Gasteiger partial charge in [-0.2, -0.15) is 26.3 Å². The lowest BCUT2D eigenvalue weighted by atomic mass is 9.97. The Bertz CT molecular complexity index is 1070. The van der Waals surface area contributed by atoms with Crippen LogP contribution in [-0.4, -0.2) is 51.4 Å². The normalized spacial score (nSPS) is 18.7. The molecule has 0 amide bonds. The lowest BCUT2D eigenvalue weighted by Crippen LogP contribution is -2.48. The summed E-state index contributed by atoms with van der Waals surface area (Å²) in [5.74, 6) is -19.1. The summed E-state index contributed by atoms with van der Waals surface area (Å²) in [5, 5.41) is 18.5. The number of carboxylic acids is 2. The molecule has 2 aromatic rings. The first kappa shape index (κ1) is 26.0. The van der Waals surface area contributed by atoms with Gasteiger partial charge in [0.15, 0.2) is 0 Å². The van der Waals surface area contributed by atoms with Crippen molar-refractivity contribution in [1.82, 2.24) is 0 Å². The van der Waals surface area contributed by atoms with E-state index in [1.165, 1.54) is 0 Å². The standard InChI is InChI=1S/C19H14F6O4S4/c1-3-30-15-7(5-9(32-15)13(26)27)11-12(18(22,23)19(24,25)17(11,20)21)8-6-10(14(28)29)33-16(8)31-4-2/h5-6H,3-4H2,1-2H3,(H,26,27)(H,28,29). The van der Waals surface area contributed by atoms with Crippen molar-refractivity contribution in [2.45, 2.75) is 40.0 Å². The maximum Gasteiger partial charge on any atom is 0.380 e. The molecule has 4 nitrogen and oxygen atoms in total. The van der Waals surface area contributed by atoms with E-state index in [1.54, 1.807) is 13.8 Å². The maximum atomic E-state index is 15.1. The lowest BCUT2D eigenvalue weighted by Gasteiger charge is -2.25. The topological polar surface area (TPSA) is 74.6 Å². The highest BCUT2D eigenvalue weighted by Gasteiger charge is 2.80. The predicted molar refractivity (Wildman–Crippen MR) is 117 cm³/mol. The fourth-order valence-corrected chi connectivity index (χ4v) is 7.56. The van der Waals surface area contributed by atoms with Crippen LogP contribution in [0.1, 0.15) is 44.3 Å². The van der Waals surface area contributed by atoms with Crippen molar-refractivity contribution in [3.63, 3.8) is 0 Å². The summed E-state index contributed by atoms with van der Waals surface area (Å²) in [6.45, 7) is 3.18. The van der Waals surface area contributed by atoms with Crippen molar-refractivity contribution < 1.29 is 46.1 Å². The van der Waals surface area contributed by atoms with Gasteiger partial charge in [0.05, 0.1) is 8.42 Å². The Kier molecular flexibility index (Phi) is 6.97. The van der Waals surface area contributed by atoms with Crippen LogP contribution in [0.3, 0.4) is 0 Å². The minimum Gasteiger partial charge on any atom is -0.477 e. The van der Waals surface area contributed by atoms with Crippen molar-refractivity contribution in [3.05, 3.63) is 33.0 Å². The zero-order valence-electron chi connectivity index (χ0n) is 16.7. The van der Waals surface area contributed by atoms with Gasteiger partial charge >= 0.3 is 29.7 Å². The molecule has 0 atom stereocenters. The molecule has 0 unspecified atom stereocenters. The van der Waals surface area contributed by atoms with Crippen LogP contribution in [0, 0.1) is 0 Å². The fraction of sp³-hybridized carbons (Fsp3) is 0.368. The molecule has 1 aliphatic carbocycles. The van der Waals surface area contributed by atoms with Gasteiger partial charge in [-0.05, 0) is 23.6 Å². The van der Waals surface area contributed by atoms with Crippen LogP contribution in [0.25, 0.3) is 11.1 Å². The number of allylic oxidation sites excluding steroid dienone is 2. The second kappa shape index (κ2) is 8.86. The number of hydrogen-bond acceptors (Lipinski definition) is 6. The number of aromatic carboxylic acids is 2. The third-order valence-corrected chi connectivity index (χ3v) is 9.16. The average Bonchev–Trinajstić information content (AvgIpc) is 3.32. The molecule has 0 fully saturated rings. The molecule has 0 bridgehead atoms. The van der Waals surface area contributed by atoms with Gasteiger partial charge < -0.3 is 10.2 Å². The van der Waals surface area contributed by atoms with Crippen LogP contribution in [0.5, 0.6) is 0 Å². The number of thiophene rings is 2. The number of carbonyl (C=O) groups is 2. The predicted octanol–water partition coefficient (Wildman–Crippen LogP) is 7.26. The lowest BCUT2D eigenvalue weighted by molar-refractivity contribution is -0.254. The largest absolute Gasteiger partial charge is 0.477 e. The van der Waals surface area contributed by atoms with E-state index in [2.05, 4.69) is 0 Å². The monoisotopic (exact) mass is 548 g/mol. The zero-order chi connectivity index (χ0) is 24.9. The van der Waals surface area contributed by atoms with Gasteiger partial charge in [-0.15, -0.1) is 46.2 Å². The molecule has 2 N–H and O–H groups in total. The molecule has 33 heavy (non-hydrogen) atoms. The Morgan fingerprint density at radius 3 is 1.39 bits per heavy atom. The van der Waals surface area contributed by atoms with Gasteiger partial charge in [-0.1, -0.05) is 13.8 Å². The van der Waals surface area contributed by atoms with Gasteiger partial charge in [-0.25, -0.2) is 9.59 Å². The van der Waals surface area contributed by atoms with E-state index in [0.717, 1.165) is 23.5 Å². The summed E-state index contributed by atoms with van der Waals surface area (Å²) in [6, 6.07) is 1.37. The molecule has 0 radical (unpaired) electrons. The first-order valence-electron chi connectivity index (χ1n) is 9.11. The molecule has 2 heterocycles.